The molecule has 1 N–H and O–H groups in total. The number of fused-ring (bicyclic) bond motifs is 1. The van der Waals surface area contributed by atoms with Gasteiger partial charge in [-0.3, -0.25) is 4.79 Å². The molecule has 5 heteroatoms. The van der Waals surface area contributed by atoms with E-state index in [9.17, 15) is 4.79 Å². The fourth-order valence-electron chi connectivity index (χ4n) is 2.52. The van der Waals surface area contributed by atoms with Gasteiger partial charge in [-0.25, -0.2) is 9.97 Å². The standard InChI is InChI=1S/C15H23N3O2/c1-2-20-14(19)9-6-10-16-15-12-7-4-3-5-8-13(12)17-11-18-15/h11H,2-10H2,1H3,(H,16,17,18). The molecule has 110 valence electrons. The SMILES string of the molecule is CCOC(=O)CCCNc1ncnc2c1CCCCC2. The van der Waals surface area contributed by atoms with Crippen LogP contribution < -0.4 is 5.32 Å². The molecular weight excluding hydrogens is 254 g/mol. The second kappa shape index (κ2) is 7.82. The lowest BCUT2D eigenvalue weighted by Gasteiger charge is -2.12. The van der Waals surface area contributed by atoms with Crippen LogP contribution in [-0.4, -0.2) is 29.1 Å². The Morgan fingerprint density at radius 3 is 3.00 bits per heavy atom. The molecule has 1 aromatic heterocycles. The van der Waals surface area contributed by atoms with Crippen molar-refractivity contribution in [3.8, 4) is 0 Å². The van der Waals surface area contributed by atoms with Gasteiger partial charge >= 0.3 is 5.97 Å². The first-order valence-electron chi connectivity index (χ1n) is 7.53. The van der Waals surface area contributed by atoms with Crippen molar-refractivity contribution in [3.63, 3.8) is 0 Å². The largest absolute Gasteiger partial charge is 0.466 e. The molecule has 0 aromatic carbocycles. The number of carbonyl (C=O) groups is 1. The Morgan fingerprint density at radius 1 is 1.30 bits per heavy atom. The number of hydrogen-bond donors (Lipinski definition) is 1. The third-order valence-corrected chi connectivity index (χ3v) is 3.53. The molecule has 0 bridgehead atoms. The highest BCUT2D eigenvalue weighted by molar-refractivity contribution is 5.69. The molecule has 1 aliphatic carbocycles. The summed E-state index contributed by atoms with van der Waals surface area (Å²) in [6.45, 7) is 3.01. The lowest BCUT2D eigenvalue weighted by atomic mass is 10.1. The van der Waals surface area contributed by atoms with Crippen LogP contribution in [0.1, 0.15) is 50.3 Å². The van der Waals surface area contributed by atoms with E-state index >= 15 is 0 Å². The summed E-state index contributed by atoms with van der Waals surface area (Å²) in [5.74, 6) is 0.816. The van der Waals surface area contributed by atoms with E-state index in [0.717, 1.165) is 31.6 Å². The molecule has 5 nitrogen and oxygen atoms in total. The first-order valence-corrected chi connectivity index (χ1v) is 7.53. The Bertz CT molecular complexity index is 449. The number of carbonyl (C=O) groups excluding carboxylic acids is 1. The maximum Gasteiger partial charge on any atom is 0.305 e. The lowest BCUT2D eigenvalue weighted by molar-refractivity contribution is -0.143. The molecule has 0 fully saturated rings. The maximum atomic E-state index is 11.3. The van der Waals surface area contributed by atoms with Crippen LogP contribution in [0.4, 0.5) is 5.82 Å². The quantitative estimate of drug-likeness (QED) is 0.492. The molecule has 0 radical (unpaired) electrons. The van der Waals surface area contributed by atoms with Crippen LogP contribution in [0.5, 0.6) is 0 Å². The minimum Gasteiger partial charge on any atom is -0.466 e. The molecule has 1 heterocycles. The molecule has 0 atom stereocenters. The van der Waals surface area contributed by atoms with Crippen molar-refractivity contribution in [2.75, 3.05) is 18.5 Å². The topological polar surface area (TPSA) is 64.1 Å². The lowest BCUT2D eigenvalue weighted by Crippen LogP contribution is -2.11. The summed E-state index contributed by atoms with van der Waals surface area (Å²) >= 11 is 0. The van der Waals surface area contributed by atoms with Gasteiger partial charge in [0.05, 0.1) is 6.61 Å². The molecule has 0 aliphatic heterocycles. The zero-order valence-corrected chi connectivity index (χ0v) is 12.2. The molecule has 0 spiro atoms. The number of hydrogen-bond acceptors (Lipinski definition) is 5. The minimum atomic E-state index is -0.129. The van der Waals surface area contributed by atoms with Gasteiger partial charge in [0, 0.05) is 24.2 Å². The third kappa shape index (κ3) is 4.18. The van der Waals surface area contributed by atoms with Crippen molar-refractivity contribution in [2.45, 2.75) is 51.9 Å². The second-order valence-corrected chi connectivity index (χ2v) is 5.04. The summed E-state index contributed by atoms with van der Waals surface area (Å²) in [6.07, 6.45) is 8.64. The zero-order valence-electron chi connectivity index (χ0n) is 12.2. The van der Waals surface area contributed by atoms with E-state index in [-0.39, 0.29) is 5.97 Å². The number of nitrogens with one attached hydrogen (secondary N) is 1. The fraction of sp³-hybridized carbons (Fsp3) is 0.667. The van der Waals surface area contributed by atoms with E-state index in [4.69, 9.17) is 4.74 Å². The van der Waals surface area contributed by atoms with Crippen LogP contribution in [0.25, 0.3) is 0 Å². The van der Waals surface area contributed by atoms with E-state index in [1.807, 2.05) is 6.92 Å². The van der Waals surface area contributed by atoms with Gasteiger partial charge in [0.2, 0.25) is 0 Å². The number of esters is 1. The fourth-order valence-corrected chi connectivity index (χ4v) is 2.52. The molecule has 20 heavy (non-hydrogen) atoms. The van der Waals surface area contributed by atoms with Gasteiger partial charge < -0.3 is 10.1 Å². The van der Waals surface area contributed by atoms with Crippen molar-refractivity contribution in [3.05, 3.63) is 17.6 Å². The third-order valence-electron chi connectivity index (χ3n) is 3.53. The second-order valence-electron chi connectivity index (χ2n) is 5.04. The van der Waals surface area contributed by atoms with E-state index in [1.54, 1.807) is 6.33 Å². The molecule has 1 aliphatic rings. The van der Waals surface area contributed by atoms with Crippen LogP contribution in [0.3, 0.4) is 0 Å². The number of ether oxygens (including phenoxy) is 1. The molecule has 2 rings (SSSR count). The monoisotopic (exact) mass is 277 g/mol. The maximum absolute atomic E-state index is 11.3. The van der Waals surface area contributed by atoms with Crippen LogP contribution in [0.2, 0.25) is 0 Å². The summed E-state index contributed by atoms with van der Waals surface area (Å²) < 4.78 is 4.91. The minimum absolute atomic E-state index is 0.129. The summed E-state index contributed by atoms with van der Waals surface area (Å²) in [5.41, 5.74) is 2.45. The predicted molar refractivity (Wildman–Crippen MR) is 77.6 cm³/mol. The van der Waals surface area contributed by atoms with Crippen LogP contribution in [0.15, 0.2) is 6.33 Å². The van der Waals surface area contributed by atoms with Gasteiger partial charge in [0.25, 0.3) is 0 Å². The Morgan fingerprint density at radius 2 is 2.15 bits per heavy atom. The summed E-state index contributed by atoms with van der Waals surface area (Å²) in [4.78, 5) is 20.0. The predicted octanol–water partition coefficient (Wildman–Crippen LogP) is 2.50. The Balaban J connectivity index is 1.85. The molecule has 1 aromatic rings. The van der Waals surface area contributed by atoms with E-state index < -0.39 is 0 Å². The van der Waals surface area contributed by atoms with Crippen molar-refractivity contribution < 1.29 is 9.53 Å². The van der Waals surface area contributed by atoms with Gasteiger partial charge in [-0.15, -0.1) is 0 Å². The van der Waals surface area contributed by atoms with Gasteiger partial charge in [0.1, 0.15) is 12.1 Å². The number of nitrogens with zero attached hydrogens (tertiary/aromatic N) is 2. The van der Waals surface area contributed by atoms with E-state index in [2.05, 4.69) is 15.3 Å². The van der Waals surface area contributed by atoms with Gasteiger partial charge in [0.15, 0.2) is 0 Å². The highest BCUT2D eigenvalue weighted by Gasteiger charge is 2.13. The number of aromatic nitrogens is 2. The normalized spacial score (nSPS) is 14.2. The molecule has 0 saturated heterocycles. The molecule has 0 unspecified atom stereocenters. The van der Waals surface area contributed by atoms with E-state index in [0.29, 0.717) is 13.0 Å². The average Bonchev–Trinajstić information content (AvgIpc) is 2.69. The van der Waals surface area contributed by atoms with E-state index in [1.165, 1.54) is 30.5 Å². The number of rotatable bonds is 6. The van der Waals surface area contributed by atoms with Crippen molar-refractivity contribution >= 4 is 11.8 Å². The Hall–Kier alpha value is -1.65. The van der Waals surface area contributed by atoms with Gasteiger partial charge in [-0.1, -0.05) is 6.42 Å². The molecule has 0 saturated carbocycles. The highest BCUT2D eigenvalue weighted by Crippen LogP contribution is 2.23. The first-order chi connectivity index (χ1) is 9.81. The number of anilines is 1. The Kier molecular flexibility index (Phi) is 5.77. The van der Waals surface area contributed by atoms with Crippen molar-refractivity contribution in [2.24, 2.45) is 0 Å². The smallest absolute Gasteiger partial charge is 0.305 e. The zero-order chi connectivity index (χ0) is 14.2. The molecular formula is C15H23N3O2. The van der Waals surface area contributed by atoms with Gasteiger partial charge in [-0.05, 0) is 39.0 Å². The summed E-state index contributed by atoms with van der Waals surface area (Å²) in [7, 11) is 0. The highest BCUT2D eigenvalue weighted by atomic mass is 16.5. The average molecular weight is 277 g/mol. The van der Waals surface area contributed by atoms with Crippen molar-refractivity contribution in [1.82, 2.24) is 9.97 Å². The van der Waals surface area contributed by atoms with Gasteiger partial charge in [-0.2, -0.15) is 0 Å². The molecule has 0 amide bonds. The number of aryl methyl sites for hydroxylation is 1. The van der Waals surface area contributed by atoms with Crippen molar-refractivity contribution in [1.29, 1.82) is 0 Å². The van der Waals surface area contributed by atoms with Crippen LogP contribution >= 0.6 is 0 Å². The summed E-state index contributed by atoms with van der Waals surface area (Å²) in [5, 5.41) is 3.34. The Labute approximate surface area is 120 Å². The first kappa shape index (κ1) is 14.8. The summed E-state index contributed by atoms with van der Waals surface area (Å²) in [6, 6.07) is 0. The van der Waals surface area contributed by atoms with Crippen LogP contribution in [-0.2, 0) is 22.4 Å². The van der Waals surface area contributed by atoms with Crippen LogP contribution in [0, 0.1) is 0 Å².